The number of rotatable bonds is 7. The van der Waals surface area contributed by atoms with E-state index in [9.17, 15) is 14.9 Å². The molecule has 1 atom stereocenters. The van der Waals surface area contributed by atoms with E-state index in [1.165, 1.54) is 11.8 Å². The lowest BCUT2D eigenvalue weighted by atomic mass is 9.98. The molecule has 1 aliphatic rings. The summed E-state index contributed by atoms with van der Waals surface area (Å²) in [6, 6.07) is 16.1. The number of nitrogens with one attached hydrogen (secondary N) is 1. The van der Waals surface area contributed by atoms with Crippen molar-refractivity contribution in [1.82, 2.24) is 5.32 Å². The lowest BCUT2D eigenvalue weighted by Gasteiger charge is -2.22. The third-order valence-corrected chi connectivity index (χ3v) is 5.43. The van der Waals surface area contributed by atoms with Crippen LogP contribution >= 0.6 is 11.8 Å². The van der Waals surface area contributed by atoms with Crippen LogP contribution in [0.15, 0.2) is 47.4 Å². The molecular weight excluding hydrogens is 348 g/mol. The summed E-state index contributed by atoms with van der Waals surface area (Å²) in [5, 5.41) is 14.2. The molecule has 1 N–H and O–H groups in total. The van der Waals surface area contributed by atoms with Crippen molar-refractivity contribution in [3.05, 3.63) is 42.5 Å². The Morgan fingerprint density at radius 3 is 2.69 bits per heavy atom. The maximum atomic E-state index is 11.9. The van der Waals surface area contributed by atoms with E-state index < -0.39 is 17.4 Å². The van der Waals surface area contributed by atoms with Gasteiger partial charge in [0.05, 0.1) is 11.8 Å². The van der Waals surface area contributed by atoms with Crippen molar-refractivity contribution < 1.29 is 14.3 Å². The summed E-state index contributed by atoms with van der Waals surface area (Å²) in [4.78, 5) is 24.8. The van der Waals surface area contributed by atoms with Gasteiger partial charge in [-0.05, 0) is 48.6 Å². The van der Waals surface area contributed by atoms with Crippen molar-refractivity contribution in [1.29, 1.82) is 5.26 Å². The van der Waals surface area contributed by atoms with Crippen LogP contribution < -0.4 is 5.32 Å². The number of benzene rings is 2. The SMILES string of the molecule is C[C@](C#N)(NC(=O)COC(=O)CSc1ccc2ccccc2c1)C1CC1. The fourth-order valence-electron chi connectivity index (χ4n) is 2.79. The highest BCUT2D eigenvalue weighted by molar-refractivity contribution is 8.00. The van der Waals surface area contributed by atoms with Crippen LogP contribution in [0.2, 0.25) is 0 Å². The Kier molecular flexibility index (Phi) is 5.48. The summed E-state index contributed by atoms with van der Waals surface area (Å²) in [6.45, 7) is 1.35. The van der Waals surface area contributed by atoms with E-state index in [0.29, 0.717) is 0 Å². The lowest BCUT2D eigenvalue weighted by Crippen LogP contribution is -2.48. The van der Waals surface area contributed by atoms with Crippen LogP contribution in [0.4, 0.5) is 0 Å². The second kappa shape index (κ2) is 7.79. The number of carbonyl (C=O) groups is 2. The largest absolute Gasteiger partial charge is 0.455 e. The Morgan fingerprint density at radius 2 is 2.00 bits per heavy atom. The second-order valence-electron chi connectivity index (χ2n) is 6.59. The van der Waals surface area contributed by atoms with Crippen LogP contribution in [0.3, 0.4) is 0 Å². The zero-order valence-electron chi connectivity index (χ0n) is 14.5. The number of amides is 1. The minimum Gasteiger partial charge on any atom is -0.455 e. The molecule has 0 aliphatic heterocycles. The maximum Gasteiger partial charge on any atom is 0.316 e. The van der Waals surface area contributed by atoms with Crippen LogP contribution in [-0.4, -0.2) is 29.8 Å². The molecular formula is C20H20N2O3S. The summed E-state index contributed by atoms with van der Waals surface area (Å²) in [5.41, 5.74) is -0.872. The third-order valence-electron chi connectivity index (χ3n) is 4.47. The molecule has 1 amide bonds. The fourth-order valence-corrected chi connectivity index (χ4v) is 3.54. The van der Waals surface area contributed by atoms with E-state index in [1.54, 1.807) is 6.92 Å². The molecule has 1 aliphatic carbocycles. The van der Waals surface area contributed by atoms with Crippen LogP contribution in [0.25, 0.3) is 10.8 Å². The molecule has 2 aromatic carbocycles. The number of thioether (sulfide) groups is 1. The van der Waals surface area contributed by atoms with E-state index in [0.717, 1.165) is 28.5 Å². The topological polar surface area (TPSA) is 79.2 Å². The molecule has 0 spiro atoms. The minimum absolute atomic E-state index is 0.129. The van der Waals surface area contributed by atoms with Crippen molar-refractivity contribution in [2.45, 2.75) is 30.2 Å². The Morgan fingerprint density at radius 1 is 1.27 bits per heavy atom. The first-order valence-electron chi connectivity index (χ1n) is 8.50. The molecule has 1 fully saturated rings. The summed E-state index contributed by atoms with van der Waals surface area (Å²) in [5.74, 6) is -0.576. The fraction of sp³-hybridized carbons (Fsp3) is 0.350. The first-order chi connectivity index (χ1) is 12.5. The number of fused-ring (bicyclic) bond motifs is 1. The van der Waals surface area contributed by atoms with Crippen LogP contribution in [0.1, 0.15) is 19.8 Å². The van der Waals surface area contributed by atoms with Gasteiger partial charge in [-0.15, -0.1) is 11.8 Å². The highest BCUT2D eigenvalue weighted by atomic mass is 32.2. The van der Waals surface area contributed by atoms with Gasteiger partial charge in [0, 0.05) is 4.90 Å². The molecule has 0 radical (unpaired) electrons. The van der Waals surface area contributed by atoms with E-state index in [2.05, 4.69) is 11.4 Å². The molecule has 1 saturated carbocycles. The van der Waals surface area contributed by atoms with Crippen molar-refractivity contribution in [2.75, 3.05) is 12.4 Å². The van der Waals surface area contributed by atoms with Crippen LogP contribution in [0, 0.1) is 17.2 Å². The van der Waals surface area contributed by atoms with E-state index in [1.807, 2.05) is 42.5 Å². The summed E-state index contributed by atoms with van der Waals surface area (Å²) in [7, 11) is 0. The van der Waals surface area contributed by atoms with Gasteiger partial charge in [0.15, 0.2) is 6.61 Å². The zero-order chi connectivity index (χ0) is 18.6. The normalized spacial score (nSPS) is 15.7. The number of nitriles is 1. The number of hydrogen-bond acceptors (Lipinski definition) is 5. The second-order valence-corrected chi connectivity index (χ2v) is 7.64. The number of ether oxygens (including phenoxy) is 1. The lowest BCUT2D eigenvalue weighted by molar-refractivity contribution is -0.146. The highest BCUT2D eigenvalue weighted by Gasteiger charge is 2.43. The number of carbonyl (C=O) groups excluding carboxylic acids is 2. The zero-order valence-corrected chi connectivity index (χ0v) is 15.3. The number of nitrogens with zero attached hydrogens (tertiary/aromatic N) is 1. The minimum atomic E-state index is -0.872. The van der Waals surface area contributed by atoms with Crippen molar-refractivity contribution in [2.24, 2.45) is 5.92 Å². The molecule has 6 heteroatoms. The van der Waals surface area contributed by atoms with Gasteiger partial charge < -0.3 is 10.1 Å². The molecule has 0 saturated heterocycles. The third kappa shape index (κ3) is 4.55. The van der Waals surface area contributed by atoms with Gasteiger partial charge in [0.1, 0.15) is 5.54 Å². The highest BCUT2D eigenvalue weighted by Crippen LogP contribution is 2.39. The van der Waals surface area contributed by atoms with Crippen LogP contribution in [0.5, 0.6) is 0 Å². The first kappa shape index (κ1) is 18.3. The van der Waals surface area contributed by atoms with Gasteiger partial charge >= 0.3 is 5.97 Å². The van der Waals surface area contributed by atoms with Crippen molar-refractivity contribution in [3.8, 4) is 6.07 Å². The smallest absolute Gasteiger partial charge is 0.316 e. The first-order valence-corrected chi connectivity index (χ1v) is 9.48. The molecule has 0 bridgehead atoms. The Balaban J connectivity index is 1.45. The summed E-state index contributed by atoms with van der Waals surface area (Å²) < 4.78 is 5.02. The molecule has 0 aromatic heterocycles. The number of hydrogen-bond donors (Lipinski definition) is 1. The maximum absolute atomic E-state index is 11.9. The molecule has 0 heterocycles. The van der Waals surface area contributed by atoms with Crippen LogP contribution in [-0.2, 0) is 14.3 Å². The Labute approximate surface area is 156 Å². The predicted octanol–water partition coefficient (Wildman–Crippen LogP) is 3.28. The Bertz CT molecular complexity index is 873. The predicted molar refractivity (Wildman–Crippen MR) is 101 cm³/mol. The van der Waals surface area contributed by atoms with E-state index >= 15 is 0 Å². The average molecular weight is 368 g/mol. The van der Waals surface area contributed by atoms with Crippen molar-refractivity contribution in [3.63, 3.8) is 0 Å². The van der Waals surface area contributed by atoms with Gasteiger partial charge in [-0.1, -0.05) is 30.3 Å². The van der Waals surface area contributed by atoms with E-state index in [4.69, 9.17) is 4.74 Å². The van der Waals surface area contributed by atoms with Gasteiger partial charge in [-0.2, -0.15) is 5.26 Å². The van der Waals surface area contributed by atoms with Gasteiger partial charge in [0.2, 0.25) is 0 Å². The summed E-state index contributed by atoms with van der Waals surface area (Å²) >= 11 is 1.37. The standard InChI is InChI=1S/C20H20N2O3S/c1-20(13-21,16-7-8-16)22-18(23)11-25-19(24)12-26-17-9-6-14-4-2-3-5-15(14)10-17/h2-6,9-10,16H,7-8,11-12H2,1H3,(H,22,23)/t20-/m1/s1. The number of esters is 1. The van der Waals surface area contributed by atoms with E-state index in [-0.39, 0.29) is 18.3 Å². The van der Waals surface area contributed by atoms with Crippen molar-refractivity contribution >= 4 is 34.4 Å². The van der Waals surface area contributed by atoms with Gasteiger partial charge in [0.25, 0.3) is 5.91 Å². The molecule has 0 unspecified atom stereocenters. The van der Waals surface area contributed by atoms with Gasteiger partial charge in [-0.25, -0.2) is 0 Å². The van der Waals surface area contributed by atoms with Gasteiger partial charge in [-0.3, -0.25) is 9.59 Å². The molecule has 134 valence electrons. The summed E-state index contributed by atoms with van der Waals surface area (Å²) in [6.07, 6.45) is 1.87. The average Bonchev–Trinajstić information content (AvgIpc) is 3.50. The molecule has 26 heavy (non-hydrogen) atoms. The molecule has 3 rings (SSSR count). The quantitative estimate of drug-likeness (QED) is 0.599. The Hall–Kier alpha value is -2.52. The monoisotopic (exact) mass is 368 g/mol. The molecule has 2 aromatic rings. The molecule has 5 nitrogen and oxygen atoms in total.